The highest BCUT2D eigenvalue weighted by Gasteiger charge is 2.21. The van der Waals surface area contributed by atoms with E-state index in [2.05, 4.69) is 20.8 Å². The highest BCUT2D eigenvalue weighted by molar-refractivity contribution is 5.82. The zero-order valence-electron chi connectivity index (χ0n) is 14.3. The van der Waals surface area contributed by atoms with Crippen LogP contribution < -0.4 is 10.4 Å². The Labute approximate surface area is 132 Å². The van der Waals surface area contributed by atoms with E-state index in [1.165, 1.54) is 0 Å². The molecule has 0 aliphatic rings. The molecule has 0 amide bonds. The Bertz CT molecular complexity index is 708. The number of hydrogen-bond donors (Lipinski definition) is 0. The molecule has 0 atom stereocenters. The second-order valence-corrected chi connectivity index (χ2v) is 6.37. The zero-order chi connectivity index (χ0) is 16.3. The number of aryl methyl sites for hydroxylation is 1. The van der Waals surface area contributed by atoms with Crippen LogP contribution in [0.2, 0.25) is 0 Å². The Hall–Kier alpha value is -1.77. The molecule has 1 aromatic carbocycles. The Morgan fingerprint density at radius 1 is 1.23 bits per heavy atom. The van der Waals surface area contributed by atoms with E-state index in [0.29, 0.717) is 11.3 Å². The Balaban J connectivity index is 2.41. The number of methoxy groups -OCH3 is 1. The van der Waals surface area contributed by atoms with Gasteiger partial charge in [0, 0.05) is 17.0 Å². The second kappa shape index (κ2) is 6.55. The first-order valence-corrected chi connectivity index (χ1v) is 8.04. The summed E-state index contributed by atoms with van der Waals surface area (Å²) in [5.74, 6) is 0.701. The number of fused-ring (bicyclic) bond motifs is 1. The fraction of sp³-hybridized carbons (Fsp3) is 0.526. The minimum Gasteiger partial charge on any atom is -0.497 e. The van der Waals surface area contributed by atoms with Crippen molar-refractivity contribution in [2.75, 3.05) is 7.11 Å². The predicted octanol–water partition coefficient (Wildman–Crippen LogP) is 4.87. The monoisotopic (exact) mass is 302 g/mol. The lowest BCUT2D eigenvalue weighted by atomic mass is 9.79. The summed E-state index contributed by atoms with van der Waals surface area (Å²) >= 11 is 0. The third kappa shape index (κ3) is 3.18. The highest BCUT2D eigenvalue weighted by Crippen LogP contribution is 2.32. The van der Waals surface area contributed by atoms with Crippen LogP contribution in [-0.2, 0) is 6.42 Å². The average Bonchev–Trinajstić information content (AvgIpc) is 2.53. The maximum atomic E-state index is 12.3. The topological polar surface area (TPSA) is 39.4 Å². The van der Waals surface area contributed by atoms with Crippen molar-refractivity contribution in [1.29, 1.82) is 0 Å². The minimum absolute atomic E-state index is 0.215. The number of rotatable bonds is 6. The predicted molar refractivity (Wildman–Crippen MR) is 90.8 cm³/mol. The van der Waals surface area contributed by atoms with Crippen molar-refractivity contribution >= 4 is 11.0 Å². The molecule has 0 aliphatic heterocycles. The smallest absolute Gasteiger partial charge is 0.339 e. The van der Waals surface area contributed by atoms with E-state index in [-0.39, 0.29) is 11.0 Å². The van der Waals surface area contributed by atoms with Gasteiger partial charge in [0.15, 0.2) is 0 Å². The van der Waals surface area contributed by atoms with Gasteiger partial charge in [0.2, 0.25) is 0 Å². The quantitative estimate of drug-likeness (QED) is 0.715. The van der Waals surface area contributed by atoms with Crippen molar-refractivity contribution in [2.45, 2.75) is 53.4 Å². The van der Waals surface area contributed by atoms with E-state index in [4.69, 9.17) is 9.15 Å². The van der Waals surface area contributed by atoms with Crippen LogP contribution in [0.5, 0.6) is 5.75 Å². The van der Waals surface area contributed by atoms with Gasteiger partial charge in [0.05, 0.1) is 7.11 Å². The lowest BCUT2D eigenvalue weighted by molar-refractivity contribution is 0.272. The summed E-state index contributed by atoms with van der Waals surface area (Å²) in [4.78, 5) is 12.3. The maximum Gasteiger partial charge on any atom is 0.339 e. The number of ether oxygens (including phenoxy) is 1. The van der Waals surface area contributed by atoms with Gasteiger partial charge in [-0.2, -0.15) is 0 Å². The van der Waals surface area contributed by atoms with Gasteiger partial charge in [0.1, 0.15) is 11.3 Å². The summed E-state index contributed by atoms with van der Waals surface area (Å²) in [7, 11) is 1.61. The van der Waals surface area contributed by atoms with Gasteiger partial charge < -0.3 is 9.15 Å². The standard InChI is InChI=1S/C19H26O3/c1-6-19(4,7-2)11-10-16-13(3)15-9-8-14(21-5)12-17(15)22-18(16)20/h8-9,12H,6-7,10-11H2,1-5H3. The summed E-state index contributed by atoms with van der Waals surface area (Å²) < 4.78 is 10.7. The van der Waals surface area contributed by atoms with Crippen molar-refractivity contribution in [1.82, 2.24) is 0 Å². The molecule has 0 N–H and O–H groups in total. The van der Waals surface area contributed by atoms with Crippen LogP contribution in [0.15, 0.2) is 27.4 Å². The first-order chi connectivity index (χ1) is 10.4. The summed E-state index contributed by atoms with van der Waals surface area (Å²) in [5.41, 5.74) is 2.51. The summed E-state index contributed by atoms with van der Waals surface area (Å²) in [6, 6.07) is 5.64. The van der Waals surface area contributed by atoms with Gasteiger partial charge in [-0.3, -0.25) is 0 Å². The summed E-state index contributed by atoms with van der Waals surface area (Å²) in [5, 5.41) is 0.991. The van der Waals surface area contributed by atoms with E-state index in [1.807, 2.05) is 19.1 Å². The van der Waals surface area contributed by atoms with Crippen LogP contribution >= 0.6 is 0 Å². The van der Waals surface area contributed by atoms with Gasteiger partial charge in [-0.15, -0.1) is 0 Å². The van der Waals surface area contributed by atoms with E-state index in [9.17, 15) is 4.79 Å². The van der Waals surface area contributed by atoms with E-state index >= 15 is 0 Å². The SMILES string of the molecule is CCC(C)(CC)CCc1c(C)c2ccc(OC)cc2oc1=O. The van der Waals surface area contributed by atoms with Gasteiger partial charge in [-0.05, 0) is 42.9 Å². The Morgan fingerprint density at radius 2 is 1.91 bits per heavy atom. The van der Waals surface area contributed by atoms with Crippen molar-refractivity contribution in [3.63, 3.8) is 0 Å². The summed E-state index contributed by atoms with van der Waals surface area (Å²) in [6.45, 7) is 8.73. The van der Waals surface area contributed by atoms with Gasteiger partial charge >= 0.3 is 5.63 Å². The molecule has 0 radical (unpaired) electrons. The fourth-order valence-corrected chi connectivity index (χ4v) is 2.82. The molecule has 0 saturated heterocycles. The van der Waals surface area contributed by atoms with Crippen molar-refractivity contribution in [2.24, 2.45) is 5.41 Å². The summed E-state index contributed by atoms with van der Waals surface area (Å²) in [6.07, 6.45) is 4.03. The minimum atomic E-state index is -0.215. The maximum absolute atomic E-state index is 12.3. The molecule has 120 valence electrons. The third-order valence-corrected chi connectivity index (χ3v) is 5.18. The van der Waals surface area contributed by atoms with Gasteiger partial charge in [-0.25, -0.2) is 4.79 Å². The molecule has 22 heavy (non-hydrogen) atoms. The van der Waals surface area contributed by atoms with Crippen LogP contribution in [0.1, 0.15) is 51.2 Å². The van der Waals surface area contributed by atoms with Gasteiger partial charge in [-0.1, -0.05) is 33.6 Å². The average molecular weight is 302 g/mol. The van der Waals surface area contributed by atoms with Crippen molar-refractivity contribution < 1.29 is 9.15 Å². The van der Waals surface area contributed by atoms with Gasteiger partial charge in [0.25, 0.3) is 0 Å². The molecule has 0 spiro atoms. The van der Waals surface area contributed by atoms with E-state index in [0.717, 1.165) is 42.2 Å². The Morgan fingerprint density at radius 3 is 2.50 bits per heavy atom. The first kappa shape index (κ1) is 16.6. The van der Waals surface area contributed by atoms with Crippen LogP contribution in [-0.4, -0.2) is 7.11 Å². The van der Waals surface area contributed by atoms with E-state index in [1.54, 1.807) is 13.2 Å². The van der Waals surface area contributed by atoms with Crippen LogP contribution in [0, 0.1) is 12.3 Å². The lowest BCUT2D eigenvalue weighted by Crippen LogP contribution is -2.18. The van der Waals surface area contributed by atoms with Crippen LogP contribution in [0.3, 0.4) is 0 Å². The highest BCUT2D eigenvalue weighted by atomic mass is 16.5. The molecule has 3 heteroatoms. The molecule has 0 bridgehead atoms. The van der Waals surface area contributed by atoms with E-state index < -0.39 is 0 Å². The largest absolute Gasteiger partial charge is 0.497 e. The Kier molecular flexibility index (Phi) is 4.94. The lowest BCUT2D eigenvalue weighted by Gasteiger charge is -2.26. The van der Waals surface area contributed by atoms with Crippen molar-refractivity contribution in [3.05, 3.63) is 39.7 Å². The number of benzene rings is 1. The molecule has 0 saturated carbocycles. The van der Waals surface area contributed by atoms with Crippen LogP contribution in [0.25, 0.3) is 11.0 Å². The number of hydrogen-bond acceptors (Lipinski definition) is 3. The fourth-order valence-electron chi connectivity index (χ4n) is 2.82. The third-order valence-electron chi connectivity index (χ3n) is 5.18. The zero-order valence-corrected chi connectivity index (χ0v) is 14.3. The van der Waals surface area contributed by atoms with Crippen LogP contribution in [0.4, 0.5) is 0 Å². The molecule has 0 unspecified atom stereocenters. The molecule has 1 heterocycles. The molecular formula is C19H26O3. The molecule has 0 fully saturated rings. The normalized spacial score (nSPS) is 11.9. The first-order valence-electron chi connectivity index (χ1n) is 8.04. The van der Waals surface area contributed by atoms with Crippen molar-refractivity contribution in [3.8, 4) is 5.75 Å². The molecule has 2 aromatic rings. The molecule has 3 nitrogen and oxygen atoms in total. The second-order valence-electron chi connectivity index (χ2n) is 6.37. The molecule has 2 rings (SSSR count). The molecule has 1 aromatic heterocycles. The molecular weight excluding hydrogens is 276 g/mol. The molecule has 0 aliphatic carbocycles.